The minimum absolute atomic E-state index is 0.300. The number of ether oxygens (including phenoxy) is 1. The van der Waals surface area contributed by atoms with Crippen LogP contribution in [0.15, 0.2) is 28.7 Å². The van der Waals surface area contributed by atoms with Gasteiger partial charge < -0.3 is 4.74 Å². The Bertz CT molecular complexity index is 545. The fraction of sp³-hybridized carbons (Fsp3) is 0.0909. The van der Waals surface area contributed by atoms with Crippen molar-refractivity contribution in [2.75, 3.05) is 0 Å². The summed E-state index contributed by atoms with van der Waals surface area (Å²) in [6.07, 6.45) is 0. The largest absolute Gasteiger partial charge is 0.439 e. The Morgan fingerprint density at radius 3 is 2.71 bits per heavy atom. The van der Waals surface area contributed by atoms with E-state index >= 15 is 0 Å². The van der Waals surface area contributed by atoms with E-state index in [0.29, 0.717) is 27.1 Å². The van der Waals surface area contributed by atoms with Crippen molar-refractivity contribution < 1.29 is 9.13 Å². The van der Waals surface area contributed by atoms with Crippen LogP contribution in [-0.2, 0) is 0 Å². The summed E-state index contributed by atoms with van der Waals surface area (Å²) in [4.78, 5) is 7.97. The van der Waals surface area contributed by atoms with Crippen LogP contribution in [-0.4, -0.2) is 9.97 Å². The maximum Gasteiger partial charge on any atom is 0.224 e. The number of benzene rings is 1. The van der Waals surface area contributed by atoms with Crippen molar-refractivity contribution in [3.8, 4) is 11.6 Å². The number of halogens is 3. The number of nitrogens with zero attached hydrogens (tertiary/aromatic N) is 2. The van der Waals surface area contributed by atoms with Gasteiger partial charge in [0, 0.05) is 6.07 Å². The highest BCUT2D eigenvalue weighted by Crippen LogP contribution is 2.26. The molecule has 17 heavy (non-hydrogen) atoms. The van der Waals surface area contributed by atoms with Gasteiger partial charge in [-0.3, -0.25) is 0 Å². The third-order valence-electron chi connectivity index (χ3n) is 1.90. The molecule has 1 heterocycles. The number of hydrogen-bond acceptors (Lipinski definition) is 3. The molecule has 2 rings (SSSR count). The van der Waals surface area contributed by atoms with Crippen LogP contribution in [0.5, 0.6) is 11.6 Å². The van der Waals surface area contributed by atoms with Crippen molar-refractivity contribution in [1.82, 2.24) is 9.97 Å². The zero-order valence-corrected chi connectivity index (χ0v) is 11.1. The molecule has 0 bridgehead atoms. The first-order valence-electron chi connectivity index (χ1n) is 4.69. The van der Waals surface area contributed by atoms with Gasteiger partial charge in [0.15, 0.2) is 0 Å². The van der Waals surface area contributed by atoms with Crippen molar-refractivity contribution in [3.63, 3.8) is 0 Å². The van der Waals surface area contributed by atoms with E-state index in [1.54, 1.807) is 6.92 Å². The molecule has 6 heteroatoms. The second-order valence-electron chi connectivity index (χ2n) is 3.25. The molecule has 0 aliphatic rings. The van der Waals surface area contributed by atoms with Crippen molar-refractivity contribution in [2.24, 2.45) is 0 Å². The van der Waals surface area contributed by atoms with Crippen LogP contribution in [0.25, 0.3) is 0 Å². The van der Waals surface area contributed by atoms with E-state index in [4.69, 9.17) is 16.3 Å². The summed E-state index contributed by atoms with van der Waals surface area (Å²) in [6, 6.07) is 5.81. The molecule has 1 aromatic carbocycles. The van der Waals surface area contributed by atoms with Crippen molar-refractivity contribution in [1.29, 1.82) is 0 Å². The molecule has 88 valence electrons. The summed E-state index contributed by atoms with van der Waals surface area (Å²) in [5.41, 5.74) is 0. The highest BCUT2D eigenvalue weighted by molar-refractivity contribution is 9.10. The SMILES string of the molecule is Cc1nc(Cl)cc(Oc2ccc(F)c(Br)c2)n1. The van der Waals surface area contributed by atoms with E-state index in [-0.39, 0.29) is 5.82 Å². The Morgan fingerprint density at radius 2 is 2.06 bits per heavy atom. The van der Waals surface area contributed by atoms with Gasteiger partial charge in [0.2, 0.25) is 5.88 Å². The number of hydrogen-bond donors (Lipinski definition) is 0. The molecule has 0 N–H and O–H groups in total. The normalized spacial score (nSPS) is 10.4. The Hall–Kier alpha value is -1.20. The standard InChI is InChI=1S/C11H7BrClFN2O/c1-6-15-10(13)5-11(16-6)17-7-2-3-9(14)8(12)4-7/h2-5H,1H3. The van der Waals surface area contributed by atoms with Crippen LogP contribution < -0.4 is 4.74 Å². The predicted octanol–water partition coefficient (Wildman–Crippen LogP) is 4.13. The van der Waals surface area contributed by atoms with Crippen molar-refractivity contribution in [2.45, 2.75) is 6.92 Å². The number of aromatic nitrogens is 2. The third kappa shape index (κ3) is 3.14. The van der Waals surface area contributed by atoms with Gasteiger partial charge in [0.05, 0.1) is 4.47 Å². The average Bonchev–Trinajstić information content (AvgIpc) is 2.22. The van der Waals surface area contributed by atoms with Crippen LogP contribution in [0.2, 0.25) is 5.15 Å². The summed E-state index contributed by atoms with van der Waals surface area (Å²) in [6.45, 7) is 1.71. The van der Waals surface area contributed by atoms with Gasteiger partial charge in [0.1, 0.15) is 22.5 Å². The van der Waals surface area contributed by atoms with Gasteiger partial charge in [0.25, 0.3) is 0 Å². The molecule has 0 saturated carbocycles. The number of rotatable bonds is 2. The topological polar surface area (TPSA) is 35.0 Å². The molecule has 0 aliphatic heterocycles. The maximum atomic E-state index is 13.0. The minimum Gasteiger partial charge on any atom is -0.439 e. The zero-order valence-electron chi connectivity index (χ0n) is 8.75. The van der Waals surface area contributed by atoms with Gasteiger partial charge >= 0.3 is 0 Å². The molecular formula is C11H7BrClFN2O. The van der Waals surface area contributed by atoms with Crippen LogP contribution in [0, 0.1) is 12.7 Å². The molecule has 0 amide bonds. The molecule has 0 aliphatic carbocycles. The van der Waals surface area contributed by atoms with Gasteiger partial charge in [-0.25, -0.2) is 9.37 Å². The summed E-state index contributed by atoms with van der Waals surface area (Å²) in [5, 5.41) is 0.300. The highest BCUT2D eigenvalue weighted by atomic mass is 79.9. The summed E-state index contributed by atoms with van der Waals surface area (Å²) >= 11 is 8.85. The van der Waals surface area contributed by atoms with Gasteiger partial charge in [-0.05, 0) is 41.1 Å². The van der Waals surface area contributed by atoms with Crippen LogP contribution in [0.1, 0.15) is 5.82 Å². The molecule has 0 fully saturated rings. The van der Waals surface area contributed by atoms with Crippen LogP contribution >= 0.6 is 27.5 Å². The Morgan fingerprint density at radius 1 is 1.29 bits per heavy atom. The highest BCUT2D eigenvalue weighted by Gasteiger charge is 2.05. The molecule has 0 spiro atoms. The Balaban J connectivity index is 2.28. The second-order valence-corrected chi connectivity index (χ2v) is 4.50. The van der Waals surface area contributed by atoms with Crippen molar-refractivity contribution >= 4 is 27.5 Å². The van der Waals surface area contributed by atoms with Gasteiger partial charge in [-0.2, -0.15) is 4.98 Å². The molecule has 1 aromatic heterocycles. The molecule has 2 aromatic rings. The first kappa shape index (κ1) is 12.3. The minimum atomic E-state index is -0.353. The lowest BCUT2D eigenvalue weighted by molar-refractivity contribution is 0.457. The maximum absolute atomic E-state index is 13.0. The fourth-order valence-electron chi connectivity index (χ4n) is 1.22. The van der Waals surface area contributed by atoms with E-state index in [2.05, 4.69) is 25.9 Å². The molecule has 0 unspecified atom stereocenters. The second kappa shape index (κ2) is 4.98. The number of aryl methyl sites for hydroxylation is 1. The van der Waals surface area contributed by atoms with E-state index in [0.717, 1.165) is 0 Å². The smallest absolute Gasteiger partial charge is 0.224 e. The van der Waals surface area contributed by atoms with E-state index in [1.165, 1.54) is 24.3 Å². The molecule has 0 atom stereocenters. The monoisotopic (exact) mass is 316 g/mol. The molecule has 0 saturated heterocycles. The summed E-state index contributed by atoms with van der Waals surface area (Å²) < 4.78 is 18.8. The fourth-order valence-corrected chi connectivity index (χ4v) is 1.79. The Kier molecular flexibility index (Phi) is 3.59. The van der Waals surface area contributed by atoms with E-state index in [9.17, 15) is 4.39 Å². The Labute approximate surface area is 111 Å². The molecular weight excluding hydrogens is 310 g/mol. The van der Waals surface area contributed by atoms with Gasteiger partial charge in [-0.1, -0.05) is 11.6 Å². The quantitative estimate of drug-likeness (QED) is 0.781. The predicted molar refractivity (Wildman–Crippen MR) is 66.0 cm³/mol. The van der Waals surface area contributed by atoms with E-state index in [1.807, 2.05) is 0 Å². The first-order valence-corrected chi connectivity index (χ1v) is 5.86. The molecule has 3 nitrogen and oxygen atoms in total. The van der Waals surface area contributed by atoms with E-state index < -0.39 is 0 Å². The lowest BCUT2D eigenvalue weighted by Gasteiger charge is -2.06. The average molecular weight is 318 g/mol. The lowest BCUT2D eigenvalue weighted by Crippen LogP contribution is -1.93. The first-order chi connectivity index (χ1) is 8.04. The molecule has 0 radical (unpaired) electrons. The van der Waals surface area contributed by atoms with Crippen LogP contribution in [0.4, 0.5) is 4.39 Å². The van der Waals surface area contributed by atoms with Gasteiger partial charge in [-0.15, -0.1) is 0 Å². The summed E-state index contributed by atoms with van der Waals surface area (Å²) in [5.74, 6) is 0.941. The zero-order chi connectivity index (χ0) is 12.4. The lowest BCUT2D eigenvalue weighted by atomic mass is 10.3. The third-order valence-corrected chi connectivity index (χ3v) is 2.70. The summed E-state index contributed by atoms with van der Waals surface area (Å²) in [7, 11) is 0. The van der Waals surface area contributed by atoms with Crippen molar-refractivity contribution in [3.05, 3.63) is 45.5 Å². The van der Waals surface area contributed by atoms with Crippen LogP contribution in [0.3, 0.4) is 0 Å².